The van der Waals surface area contributed by atoms with Gasteiger partial charge in [0.15, 0.2) is 11.6 Å². The highest BCUT2D eigenvalue weighted by Crippen LogP contribution is 2.24. The van der Waals surface area contributed by atoms with Gasteiger partial charge in [-0.3, -0.25) is 9.59 Å². The average Bonchev–Trinajstić information content (AvgIpc) is 2.80. The minimum Gasteiger partial charge on any atom is -0.293 e. The third kappa shape index (κ3) is 1.77. The van der Waals surface area contributed by atoms with Crippen LogP contribution in [0.5, 0.6) is 0 Å². The standard InChI is InChI=1S/C14H12N4O2/c1-8-11(12(19)10-6-4-3-5-7-10)13-16-15-9(2)14(20)18(13)17-8/h3-7,11H,1-2H3. The Morgan fingerprint density at radius 2 is 1.85 bits per heavy atom. The van der Waals surface area contributed by atoms with Crippen LogP contribution in [0.1, 0.15) is 34.7 Å². The first kappa shape index (κ1) is 12.4. The number of carbonyl (C=O) groups is 1. The summed E-state index contributed by atoms with van der Waals surface area (Å²) in [6.45, 7) is 3.29. The summed E-state index contributed by atoms with van der Waals surface area (Å²) in [6.07, 6.45) is 0. The summed E-state index contributed by atoms with van der Waals surface area (Å²) in [5, 5.41) is 11.9. The van der Waals surface area contributed by atoms with E-state index < -0.39 is 5.92 Å². The summed E-state index contributed by atoms with van der Waals surface area (Å²) < 4.78 is 1.17. The van der Waals surface area contributed by atoms with Crippen molar-refractivity contribution in [2.75, 3.05) is 0 Å². The maximum absolute atomic E-state index is 12.6. The topological polar surface area (TPSA) is 77.2 Å². The van der Waals surface area contributed by atoms with Crippen LogP contribution in [0.4, 0.5) is 0 Å². The second-order valence-corrected chi connectivity index (χ2v) is 4.67. The Hall–Kier alpha value is -2.63. The van der Waals surface area contributed by atoms with Gasteiger partial charge in [0.2, 0.25) is 0 Å². The monoisotopic (exact) mass is 268 g/mol. The van der Waals surface area contributed by atoms with Gasteiger partial charge in [-0.25, -0.2) is 0 Å². The molecule has 0 N–H and O–H groups in total. The lowest BCUT2D eigenvalue weighted by atomic mass is 9.94. The summed E-state index contributed by atoms with van der Waals surface area (Å²) in [7, 11) is 0. The van der Waals surface area contributed by atoms with Crippen LogP contribution in [0.25, 0.3) is 0 Å². The summed E-state index contributed by atoms with van der Waals surface area (Å²) in [5.41, 5.74) is 1.04. The van der Waals surface area contributed by atoms with Crippen molar-refractivity contribution in [2.24, 2.45) is 5.10 Å². The second kappa shape index (κ2) is 4.48. The third-order valence-electron chi connectivity index (χ3n) is 3.28. The Labute approximate surface area is 114 Å². The van der Waals surface area contributed by atoms with Gasteiger partial charge in [-0.05, 0) is 13.8 Å². The van der Waals surface area contributed by atoms with Gasteiger partial charge in [-0.15, -0.1) is 10.2 Å². The van der Waals surface area contributed by atoms with E-state index >= 15 is 0 Å². The lowest BCUT2D eigenvalue weighted by molar-refractivity contribution is 0.0980. The molecule has 1 aliphatic heterocycles. The molecule has 1 unspecified atom stereocenters. The summed E-state index contributed by atoms with van der Waals surface area (Å²) in [6, 6.07) is 8.90. The molecule has 1 atom stereocenters. The Bertz CT molecular complexity index is 778. The van der Waals surface area contributed by atoms with E-state index in [4.69, 9.17) is 0 Å². The van der Waals surface area contributed by atoms with Crippen molar-refractivity contribution in [3.8, 4) is 0 Å². The number of Topliss-reactive ketones (excluding diaryl/α,β-unsaturated/α-hetero) is 1. The molecule has 0 amide bonds. The SMILES string of the molecule is CC1=Nn2c(nnc(C)c2=O)C1C(=O)c1ccccc1. The van der Waals surface area contributed by atoms with E-state index in [-0.39, 0.29) is 22.9 Å². The van der Waals surface area contributed by atoms with E-state index in [1.807, 2.05) is 6.07 Å². The van der Waals surface area contributed by atoms with Crippen molar-refractivity contribution in [2.45, 2.75) is 19.8 Å². The zero-order valence-electron chi connectivity index (χ0n) is 11.1. The van der Waals surface area contributed by atoms with Gasteiger partial charge in [0.1, 0.15) is 11.6 Å². The van der Waals surface area contributed by atoms with Crippen LogP contribution in [-0.2, 0) is 0 Å². The molecular formula is C14H12N4O2. The summed E-state index contributed by atoms with van der Waals surface area (Å²) in [5.74, 6) is -0.485. The van der Waals surface area contributed by atoms with Gasteiger partial charge in [0.05, 0.1) is 5.71 Å². The zero-order chi connectivity index (χ0) is 14.3. The van der Waals surface area contributed by atoms with Gasteiger partial charge in [0, 0.05) is 5.56 Å². The highest BCUT2D eigenvalue weighted by molar-refractivity contribution is 6.16. The molecule has 20 heavy (non-hydrogen) atoms. The molecule has 0 saturated heterocycles. The Kier molecular flexibility index (Phi) is 2.78. The highest BCUT2D eigenvalue weighted by Gasteiger charge is 2.34. The number of fused-ring (bicyclic) bond motifs is 1. The number of ketones is 1. The van der Waals surface area contributed by atoms with Crippen LogP contribution in [0, 0.1) is 6.92 Å². The molecule has 6 heteroatoms. The van der Waals surface area contributed by atoms with E-state index in [1.165, 1.54) is 4.68 Å². The van der Waals surface area contributed by atoms with Crippen molar-refractivity contribution in [3.05, 3.63) is 57.8 Å². The van der Waals surface area contributed by atoms with Crippen LogP contribution in [0.15, 0.2) is 40.2 Å². The van der Waals surface area contributed by atoms with Gasteiger partial charge in [0.25, 0.3) is 5.56 Å². The minimum atomic E-state index is -0.641. The predicted octanol–water partition coefficient (Wildman–Crippen LogP) is 1.15. The first-order valence-corrected chi connectivity index (χ1v) is 6.20. The van der Waals surface area contributed by atoms with Gasteiger partial charge in [-0.2, -0.15) is 9.78 Å². The summed E-state index contributed by atoms with van der Waals surface area (Å²) >= 11 is 0. The molecule has 100 valence electrons. The fourth-order valence-electron chi connectivity index (χ4n) is 2.22. The molecule has 1 aromatic carbocycles. The molecule has 1 aliphatic rings. The number of hydrogen-bond acceptors (Lipinski definition) is 5. The molecule has 0 bridgehead atoms. The molecule has 3 rings (SSSR count). The van der Waals surface area contributed by atoms with E-state index in [2.05, 4.69) is 15.3 Å². The minimum absolute atomic E-state index is 0.129. The van der Waals surface area contributed by atoms with Crippen LogP contribution in [-0.4, -0.2) is 26.4 Å². The molecule has 0 fully saturated rings. The molecule has 0 aliphatic carbocycles. The van der Waals surface area contributed by atoms with Crippen molar-refractivity contribution < 1.29 is 4.79 Å². The van der Waals surface area contributed by atoms with Gasteiger partial charge in [-0.1, -0.05) is 30.3 Å². The number of rotatable bonds is 2. The summed E-state index contributed by atoms with van der Waals surface area (Å²) in [4.78, 5) is 24.5. The zero-order valence-corrected chi connectivity index (χ0v) is 11.1. The molecule has 2 heterocycles. The van der Waals surface area contributed by atoms with Crippen LogP contribution >= 0.6 is 0 Å². The van der Waals surface area contributed by atoms with Crippen LogP contribution in [0.3, 0.4) is 0 Å². The molecule has 0 spiro atoms. The van der Waals surface area contributed by atoms with E-state index in [0.717, 1.165) is 0 Å². The number of carbonyl (C=O) groups excluding carboxylic acids is 1. The van der Waals surface area contributed by atoms with E-state index in [0.29, 0.717) is 11.3 Å². The number of nitrogens with zero attached hydrogens (tertiary/aromatic N) is 4. The Morgan fingerprint density at radius 1 is 1.15 bits per heavy atom. The number of hydrogen-bond donors (Lipinski definition) is 0. The Morgan fingerprint density at radius 3 is 2.55 bits per heavy atom. The molecule has 0 saturated carbocycles. The van der Waals surface area contributed by atoms with Gasteiger partial charge < -0.3 is 0 Å². The Balaban J connectivity index is 2.11. The molecule has 2 aromatic rings. The van der Waals surface area contributed by atoms with E-state index in [1.54, 1.807) is 38.1 Å². The lowest BCUT2D eigenvalue weighted by Crippen LogP contribution is -2.26. The molecule has 6 nitrogen and oxygen atoms in total. The smallest absolute Gasteiger partial charge is 0.293 e. The number of aryl methyl sites for hydroxylation is 1. The fourth-order valence-corrected chi connectivity index (χ4v) is 2.22. The van der Waals surface area contributed by atoms with Crippen molar-refractivity contribution in [1.82, 2.24) is 14.9 Å². The van der Waals surface area contributed by atoms with Crippen LogP contribution in [0.2, 0.25) is 0 Å². The quantitative estimate of drug-likeness (QED) is 0.765. The van der Waals surface area contributed by atoms with Crippen molar-refractivity contribution in [3.63, 3.8) is 0 Å². The number of aromatic nitrogens is 3. The third-order valence-corrected chi connectivity index (χ3v) is 3.28. The van der Waals surface area contributed by atoms with Crippen LogP contribution < -0.4 is 5.56 Å². The maximum atomic E-state index is 12.6. The normalized spacial score (nSPS) is 16.7. The first-order chi connectivity index (χ1) is 9.59. The average molecular weight is 268 g/mol. The largest absolute Gasteiger partial charge is 0.295 e. The highest BCUT2D eigenvalue weighted by atomic mass is 16.1. The van der Waals surface area contributed by atoms with Crippen molar-refractivity contribution in [1.29, 1.82) is 0 Å². The molecule has 1 aromatic heterocycles. The van der Waals surface area contributed by atoms with Crippen molar-refractivity contribution >= 4 is 11.5 Å². The first-order valence-electron chi connectivity index (χ1n) is 6.20. The number of benzene rings is 1. The van der Waals surface area contributed by atoms with Gasteiger partial charge >= 0.3 is 0 Å². The molecule has 0 radical (unpaired) electrons. The van der Waals surface area contributed by atoms with E-state index in [9.17, 15) is 9.59 Å². The second-order valence-electron chi connectivity index (χ2n) is 4.67. The lowest BCUT2D eigenvalue weighted by Gasteiger charge is -2.09. The predicted molar refractivity (Wildman–Crippen MR) is 73.0 cm³/mol. The maximum Gasteiger partial charge on any atom is 0.295 e. The molecular weight excluding hydrogens is 256 g/mol. The fraction of sp³-hybridized carbons (Fsp3) is 0.214.